The molecule has 0 aliphatic carbocycles. The van der Waals surface area contributed by atoms with E-state index in [0.29, 0.717) is 25.2 Å². The van der Waals surface area contributed by atoms with Crippen molar-refractivity contribution in [2.45, 2.75) is 46.0 Å². The van der Waals surface area contributed by atoms with Crippen LogP contribution in [0.25, 0.3) is 11.1 Å². The summed E-state index contributed by atoms with van der Waals surface area (Å²) in [6, 6.07) is 23.5. The third kappa shape index (κ3) is 4.99. The molecule has 5 heteroatoms. The molecule has 1 heterocycles. The van der Waals surface area contributed by atoms with Gasteiger partial charge in [0, 0.05) is 18.7 Å². The molecule has 3 aromatic rings. The molecular formula is C27H28N2O3. The van der Waals surface area contributed by atoms with Gasteiger partial charge in [0.1, 0.15) is 5.60 Å². The molecule has 0 bridgehead atoms. The maximum absolute atomic E-state index is 12.7. The summed E-state index contributed by atoms with van der Waals surface area (Å²) in [4.78, 5) is 27.0. The molecule has 0 spiro atoms. The van der Waals surface area contributed by atoms with E-state index in [1.165, 1.54) is 0 Å². The summed E-state index contributed by atoms with van der Waals surface area (Å²) in [5, 5.41) is 2.98. The molecule has 1 N–H and O–H groups in total. The van der Waals surface area contributed by atoms with E-state index in [-0.39, 0.29) is 12.0 Å². The second-order valence-electron chi connectivity index (χ2n) is 9.03. The summed E-state index contributed by atoms with van der Waals surface area (Å²) in [5.41, 5.74) is 5.33. The first kappa shape index (κ1) is 21.6. The average molecular weight is 429 g/mol. The monoisotopic (exact) mass is 428 g/mol. The molecule has 0 unspecified atom stereocenters. The Hall–Kier alpha value is -3.60. The number of amides is 2. The van der Waals surface area contributed by atoms with Crippen LogP contribution in [-0.4, -0.2) is 22.5 Å². The summed E-state index contributed by atoms with van der Waals surface area (Å²) in [7, 11) is 0. The van der Waals surface area contributed by atoms with Gasteiger partial charge < -0.3 is 10.1 Å². The lowest BCUT2D eigenvalue weighted by Crippen LogP contribution is -2.33. The molecule has 0 atom stereocenters. The summed E-state index contributed by atoms with van der Waals surface area (Å²) in [6.07, 6.45) is -0.311. The molecule has 5 nitrogen and oxygen atoms in total. The van der Waals surface area contributed by atoms with Crippen LogP contribution in [0, 0.1) is 0 Å². The minimum absolute atomic E-state index is 0.112. The number of ether oxygens (including phenoxy) is 1. The van der Waals surface area contributed by atoms with Crippen molar-refractivity contribution in [3.63, 3.8) is 0 Å². The summed E-state index contributed by atoms with van der Waals surface area (Å²) < 4.78 is 5.55. The van der Waals surface area contributed by atoms with E-state index in [4.69, 9.17) is 4.74 Å². The van der Waals surface area contributed by atoms with Crippen LogP contribution in [0.2, 0.25) is 0 Å². The fourth-order valence-corrected chi connectivity index (χ4v) is 3.86. The van der Waals surface area contributed by atoms with Gasteiger partial charge in [-0.25, -0.2) is 4.79 Å². The molecule has 2 amide bonds. The molecule has 4 rings (SSSR count). The first-order valence-electron chi connectivity index (χ1n) is 10.8. The number of nitrogens with zero attached hydrogens (tertiary/aromatic N) is 1. The molecule has 3 aromatic carbocycles. The van der Waals surface area contributed by atoms with E-state index < -0.39 is 5.60 Å². The Morgan fingerprint density at radius 2 is 1.69 bits per heavy atom. The molecule has 0 fully saturated rings. The highest BCUT2D eigenvalue weighted by Crippen LogP contribution is 2.33. The Morgan fingerprint density at radius 3 is 2.44 bits per heavy atom. The minimum atomic E-state index is -0.532. The van der Waals surface area contributed by atoms with E-state index in [0.717, 1.165) is 27.8 Å². The highest BCUT2D eigenvalue weighted by atomic mass is 16.6. The highest BCUT2D eigenvalue weighted by Gasteiger charge is 2.29. The smallest absolute Gasteiger partial charge is 0.410 e. The number of hydrogen-bond acceptors (Lipinski definition) is 3. The van der Waals surface area contributed by atoms with Gasteiger partial charge in [-0.05, 0) is 60.7 Å². The fraction of sp³-hybridized carbons (Fsp3) is 0.259. The molecule has 164 valence electrons. The number of hydrogen-bond donors (Lipinski definition) is 1. The number of carbonyl (C=O) groups excluding carboxylic acids is 2. The predicted octanol–water partition coefficient (Wildman–Crippen LogP) is 5.53. The molecule has 1 aliphatic heterocycles. The molecule has 1 aliphatic rings. The Balaban J connectivity index is 1.52. The van der Waals surface area contributed by atoms with Crippen LogP contribution in [0.5, 0.6) is 0 Å². The molecule has 0 radical (unpaired) electrons. The molecule has 32 heavy (non-hydrogen) atoms. The van der Waals surface area contributed by atoms with Crippen molar-refractivity contribution in [1.82, 2.24) is 10.2 Å². The van der Waals surface area contributed by atoms with E-state index >= 15 is 0 Å². The zero-order chi connectivity index (χ0) is 22.7. The summed E-state index contributed by atoms with van der Waals surface area (Å²) >= 11 is 0. The van der Waals surface area contributed by atoms with Crippen LogP contribution in [0.1, 0.15) is 47.8 Å². The number of fused-ring (bicyclic) bond motifs is 1. The van der Waals surface area contributed by atoms with Crippen molar-refractivity contribution < 1.29 is 14.3 Å². The zero-order valence-corrected chi connectivity index (χ0v) is 18.7. The molecule has 0 saturated heterocycles. The fourth-order valence-electron chi connectivity index (χ4n) is 3.86. The van der Waals surface area contributed by atoms with E-state index in [1.54, 1.807) is 4.90 Å². The quantitative estimate of drug-likeness (QED) is 0.594. The van der Waals surface area contributed by atoms with Gasteiger partial charge >= 0.3 is 6.09 Å². The van der Waals surface area contributed by atoms with Gasteiger partial charge in [-0.15, -0.1) is 0 Å². The van der Waals surface area contributed by atoms with Gasteiger partial charge in [0.25, 0.3) is 5.91 Å². The Bertz CT molecular complexity index is 1130. The van der Waals surface area contributed by atoms with Crippen molar-refractivity contribution in [3.05, 3.63) is 95.1 Å². The first-order chi connectivity index (χ1) is 15.3. The van der Waals surface area contributed by atoms with Gasteiger partial charge in [0.05, 0.1) is 6.54 Å². The van der Waals surface area contributed by atoms with Crippen LogP contribution in [-0.2, 0) is 24.4 Å². The van der Waals surface area contributed by atoms with Gasteiger partial charge in [0.2, 0.25) is 0 Å². The minimum Gasteiger partial charge on any atom is -0.444 e. The van der Waals surface area contributed by atoms with E-state index in [9.17, 15) is 9.59 Å². The first-order valence-corrected chi connectivity index (χ1v) is 10.8. The molecular weight excluding hydrogens is 400 g/mol. The standard InChI is InChI=1S/C27H28N2O3/c1-27(2,3)32-26(31)29-17-22-13-8-14-23(24(22)18-29)20-11-7-12-21(15-20)25(30)28-16-19-9-5-4-6-10-19/h4-15H,16-18H2,1-3H3,(H,28,30). The van der Waals surface area contributed by atoms with Gasteiger partial charge in [-0.1, -0.05) is 60.7 Å². The lowest BCUT2D eigenvalue weighted by atomic mass is 9.96. The Kier molecular flexibility index (Phi) is 5.99. The molecule has 0 saturated carbocycles. The van der Waals surface area contributed by atoms with Gasteiger partial charge in [-0.2, -0.15) is 0 Å². The van der Waals surface area contributed by atoms with Crippen LogP contribution < -0.4 is 5.32 Å². The van der Waals surface area contributed by atoms with Crippen molar-refractivity contribution >= 4 is 12.0 Å². The normalized spacial score (nSPS) is 12.9. The number of benzene rings is 3. The van der Waals surface area contributed by atoms with Crippen LogP contribution >= 0.6 is 0 Å². The van der Waals surface area contributed by atoms with Crippen molar-refractivity contribution in [1.29, 1.82) is 0 Å². The number of nitrogens with one attached hydrogen (secondary N) is 1. The summed E-state index contributed by atoms with van der Waals surface area (Å²) in [5.74, 6) is -0.112. The predicted molar refractivity (Wildman–Crippen MR) is 125 cm³/mol. The summed E-state index contributed by atoms with van der Waals surface area (Å²) in [6.45, 7) is 7.10. The third-order valence-electron chi connectivity index (χ3n) is 5.37. The van der Waals surface area contributed by atoms with Gasteiger partial charge in [-0.3, -0.25) is 9.69 Å². The Labute approximate surface area is 189 Å². The third-order valence-corrected chi connectivity index (χ3v) is 5.37. The van der Waals surface area contributed by atoms with Crippen molar-refractivity contribution in [2.24, 2.45) is 0 Å². The zero-order valence-electron chi connectivity index (χ0n) is 18.7. The Morgan fingerprint density at radius 1 is 0.938 bits per heavy atom. The van der Waals surface area contributed by atoms with Crippen molar-refractivity contribution in [2.75, 3.05) is 0 Å². The van der Waals surface area contributed by atoms with Gasteiger partial charge in [0.15, 0.2) is 0 Å². The van der Waals surface area contributed by atoms with E-state index in [2.05, 4.69) is 5.32 Å². The second kappa shape index (κ2) is 8.87. The highest BCUT2D eigenvalue weighted by molar-refractivity contribution is 5.95. The lowest BCUT2D eigenvalue weighted by Gasteiger charge is -2.24. The lowest BCUT2D eigenvalue weighted by molar-refractivity contribution is 0.0242. The van der Waals surface area contributed by atoms with Crippen LogP contribution in [0.3, 0.4) is 0 Å². The second-order valence-corrected chi connectivity index (χ2v) is 9.03. The SMILES string of the molecule is CC(C)(C)OC(=O)N1Cc2cccc(-c3cccc(C(=O)NCc4ccccc4)c3)c2C1. The number of carbonyl (C=O) groups is 2. The maximum atomic E-state index is 12.7. The van der Waals surface area contributed by atoms with Crippen molar-refractivity contribution in [3.8, 4) is 11.1 Å². The number of rotatable bonds is 4. The van der Waals surface area contributed by atoms with E-state index in [1.807, 2.05) is 93.6 Å². The largest absolute Gasteiger partial charge is 0.444 e. The average Bonchev–Trinajstić information content (AvgIpc) is 3.22. The van der Waals surface area contributed by atoms with Crippen LogP contribution in [0.4, 0.5) is 4.79 Å². The topological polar surface area (TPSA) is 58.6 Å². The maximum Gasteiger partial charge on any atom is 0.410 e. The van der Waals surface area contributed by atoms with Crippen LogP contribution in [0.15, 0.2) is 72.8 Å². The molecule has 0 aromatic heterocycles.